The van der Waals surface area contributed by atoms with Crippen LogP contribution in [0.2, 0.25) is 0 Å². The average Bonchev–Trinajstić information content (AvgIpc) is 3.72. The summed E-state index contributed by atoms with van der Waals surface area (Å²) in [4.78, 5) is 1.26. The van der Waals surface area contributed by atoms with Gasteiger partial charge >= 0.3 is 0 Å². The SMILES string of the molecule is c1ccc(-c2cc(-c3ccccc3)cc(-c3c(-c4c(-c5ccccc5)c5ccccc5n4-c4ccccc4)sc4ccccc34)c2)cc1. The van der Waals surface area contributed by atoms with E-state index in [1.165, 1.54) is 76.1 Å². The van der Waals surface area contributed by atoms with Crippen molar-refractivity contribution in [2.45, 2.75) is 0 Å². The highest BCUT2D eigenvalue weighted by Gasteiger charge is 2.26. The van der Waals surface area contributed by atoms with Crippen molar-refractivity contribution < 1.29 is 0 Å². The Morgan fingerprint density at radius 3 is 1.46 bits per heavy atom. The summed E-state index contributed by atoms with van der Waals surface area (Å²) in [5.41, 5.74) is 13.4. The van der Waals surface area contributed by atoms with Crippen molar-refractivity contribution in [3.05, 3.63) is 188 Å². The third kappa shape index (κ3) is 4.86. The van der Waals surface area contributed by atoms with Crippen molar-refractivity contribution in [2.24, 2.45) is 0 Å². The lowest BCUT2D eigenvalue weighted by molar-refractivity contribution is 1.14. The first-order chi connectivity index (χ1) is 23.8. The summed E-state index contributed by atoms with van der Waals surface area (Å²) in [6.45, 7) is 0. The van der Waals surface area contributed by atoms with Gasteiger partial charge in [0.05, 0.1) is 16.1 Å². The number of hydrogen-bond donors (Lipinski definition) is 0. The molecule has 0 radical (unpaired) electrons. The van der Waals surface area contributed by atoms with Gasteiger partial charge in [-0.3, -0.25) is 0 Å². The maximum absolute atomic E-state index is 2.48. The first kappa shape index (κ1) is 28.3. The quantitative estimate of drug-likeness (QED) is 0.172. The fraction of sp³-hybridized carbons (Fsp3) is 0. The van der Waals surface area contributed by atoms with Crippen LogP contribution in [0.15, 0.2) is 188 Å². The summed E-state index contributed by atoms with van der Waals surface area (Å²) in [6, 6.07) is 68.1. The molecule has 2 aromatic heterocycles. The fourth-order valence-electron chi connectivity index (χ4n) is 7.06. The molecular weight excluding hydrogens is 599 g/mol. The zero-order chi connectivity index (χ0) is 31.9. The molecular formula is C46H31NS. The van der Waals surface area contributed by atoms with Gasteiger partial charge in [-0.15, -0.1) is 11.3 Å². The molecule has 9 aromatic rings. The Morgan fingerprint density at radius 2 is 0.833 bits per heavy atom. The fourth-order valence-corrected chi connectivity index (χ4v) is 8.33. The molecule has 48 heavy (non-hydrogen) atoms. The normalized spacial score (nSPS) is 11.3. The molecule has 9 rings (SSSR count). The Kier molecular flexibility index (Phi) is 7.07. The van der Waals surface area contributed by atoms with Gasteiger partial charge in [0.2, 0.25) is 0 Å². The molecule has 0 saturated carbocycles. The molecule has 0 N–H and O–H groups in total. The third-order valence-corrected chi connectivity index (χ3v) is 10.4. The Hall–Kier alpha value is -5.96. The number of hydrogen-bond acceptors (Lipinski definition) is 1. The second kappa shape index (κ2) is 12.0. The van der Waals surface area contributed by atoms with Crippen LogP contribution in [-0.2, 0) is 0 Å². The van der Waals surface area contributed by atoms with Crippen LogP contribution in [0.1, 0.15) is 0 Å². The number of fused-ring (bicyclic) bond motifs is 2. The van der Waals surface area contributed by atoms with E-state index in [9.17, 15) is 0 Å². The zero-order valence-electron chi connectivity index (χ0n) is 26.3. The Balaban J connectivity index is 1.43. The highest BCUT2D eigenvalue weighted by atomic mass is 32.1. The third-order valence-electron chi connectivity index (χ3n) is 9.20. The first-order valence-corrected chi connectivity index (χ1v) is 17.2. The van der Waals surface area contributed by atoms with Gasteiger partial charge in [0.25, 0.3) is 0 Å². The van der Waals surface area contributed by atoms with Crippen LogP contribution in [0.5, 0.6) is 0 Å². The van der Waals surface area contributed by atoms with Gasteiger partial charge in [0.1, 0.15) is 0 Å². The van der Waals surface area contributed by atoms with E-state index in [4.69, 9.17) is 0 Å². The topological polar surface area (TPSA) is 4.93 Å². The standard InChI is InChI=1S/C46H31NS/c1-5-17-32(18-6-1)35-29-36(33-19-7-2-8-20-33)31-37(30-35)44-40-26-14-16-28-42(40)48-46(44)45-43(34-21-9-3-10-22-34)39-25-13-15-27-41(39)47(45)38-23-11-4-12-24-38/h1-31H. The maximum atomic E-state index is 2.48. The minimum Gasteiger partial charge on any atom is -0.308 e. The van der Waals surface area contributed by atoms with Gasteiger partial charge in [-0.05, 0) is 75.8 Å². The van der Waals surface area contributed by atoms with Crippen LogP contribution in [0.25, 0.3) is 81.8 Å². The number of nitrogens with zero attached hydrogens (tertiary/aromatic N) is 1. The summed E-state index contributed by atoms with van der Waals surface area (Å²) in [5, 5.41) is 2.51. The van der Waals surface area contributed by atoms with Crippen LogP contribution >= 0.6 is 11.3 Å². The van der Waals surface area contributed by atoms with E-state index >= 15 is 0 Å². The van der Waals surface area contributed by atoms with E-state index in [-0.39, 0.29) is 0 Å². The minimum atomic E-state index is 1.15. The predicted molar refractivity (Wildman–Crippen MR) is 206 cm³/mol. The van der Waals surface area contributed by atoms with Crippen LogP contribution < -0.4 is 0 Å². The Labute approximate surface area is 284 Å². The molecule has 0 saturated heterocycles. The van der Waals surface area contributed by atoms with Crippen molar-refractivity contribution >= 4 is 32.3 Å². The minimum absolute atomic E-state index is 1.15. The average molecular weight is 630 g/mol. The predicted octanol–water partition coefficient (Wildman–Crippen LogP) is 13.2. The molecule has 1 nitrogen and oxygen atoms in total. The highest BCUT2D eigenvalue weighted by Crippen LogP contribution is 2.52. The van der Waals surface area contributed by atoms with Crippen molar-refractivity contribution in [1.29, 1.82) is 0 Å². The maximum Gasteiger partial charge on any atom is 0.0726 e. The zero-order valence-corrected chi connectivity index (χ0v) is 27.1. The van der Waals surface area contributed by atoms with Gasteiger partial charge in [0, 0.05) is 32.3 Å². The lowest BCUT2D eigenvalue weighted by atomic mass is 9.91. The Morgan fingerprint density at radius 1 is 0.354 bits per heavy atom. The van der Waals surface area contributed by atoms with E-state index in [2.05, 4.69) is 193 Å². The van der Waals surface area contributed by atoms with Crippen LogP contribution in [0.4, 0.5) is 0 Å². The van der Waals surface area contributed by atoms with Crippen LogP contribution in [0.3, 0.4) is 0 Å². The molecule has 226 valence electrons. The molecule has 0 aliphatic rings. The number of para-hydroxylation sites is 2. The molecule has 0 fully saturated rings. The van der Waals surface area contributed by atoms with E-state index < -0.39 is 0 Å². The van der Waals surface area contributed by atoms with Crippen LogP contribution in [-0.4, -0.2) is 4.57 Å². The van der Waals surface area contributed by atoms with Crippen molar-refractivity contribution in [2.75, 3.05) is 0 Å². The number of rotatable bonds is 6. The van der Waals surface area contributed by atoms with Gasteiger partial charge < -0.3 is 4.57 Å². The molecule has 2 heteroatoms. The van der Waals surface area contributed by atoms with Gasteiger partial charge in [-0.2, -0.15) is 0 Å². The monoisotopic (exact) mass is 629 g/mol. The van der Waals surface area contributed by atoms with Crippen LogP contribution in [0, 0.1) is 0 Å². The molecule has 0 atom stereocenters. The van der Waals surface area contributed by atoms with Crippen molar-refractivity contribution in [1.82, 2.24) is 4.57 Å². The molecule has 0 bridgehead atoms. The molecule has 0 amide bonds. The molecule has 0 spiro atoms. The molecule has 2 heterocycles. The first-order valence-electron chi connectivity index (χ1n) is 16.4. The molecule has 0 aliphatic heterocycles. The number of thiophene rings is 1. The number of benzene rings is 7. The molecule has 0 unspecified atom stereocenters. The summed E-state index contributed by atoms with van der Waals surface area (Å²) >= 11 is 1.89. The van der Waals surface area contributed by atoms with E-state index in [0.717, 1.165) is 5.69 Å². The summed E-state index contributed by atoms with van der Waals surface area (Å²) < 4.78 is 3.75. The summed E-state index contributed by atoms with van der Waals surface area (Å²) in [7, 11) is 0. The molecule has 0 aliphatic carbocycles. The van der Waals surface area contributed by atoms with Gasteiger partial charge in [-0.1, -0.05) is 146 Å². The molecule has 7 aromatic carbocycles. The van der Waals surface area contributed by atoms with Gasteiger partial charge in [-0.25, -0.2) is 0 Å². The van der Waals surface area contributed by atoms with E-state index in [0.29, 0.717) is 0 Å². The summed E-state index contributed by atoms with van der Waals surface area (Å²) in [5.74, 6) is 0. The largest absolute Gasteiger partial charge is 0.308 e. The lowest BCUT2D eigenvalue weighted by Crippen LogP contribution is -1.97. The lowest BCUT2D eigenvalue weighted by Gasteiger charge is -2.16. The number of aromatic nitrogens is 1. The second-order valence-electron chi connectivity index (χ2n) is 12.1. The van der Waals surface area contributed by atoms with Crippen molar-refractivity contribution in [3.63, 3.8) is 0 Å². The second-order valence-corrected chi connectivity index (χ2v) is 13.2. The summed E-state index contributed by atoms with van der Waals surface area (Å²) in [6.07, 6.45) is 0. The highest BCUT2D eigenvalue weighted by molar-refractivity contribution is 7.23. The smallest absolute Gasteiger partial charge is 0.0726 e. The van der Waals surface area contributed by atoms with Crippen molar-refractivity contribution in [3.8, 4) is 60.8 Å². The Bertz CT molecular complexity index is 2390. The van der Waals surface area contributed by atoms with E-state index in [1.54, 1.807) is 0 Å². The van der Waals surface area contributed by atoms with E-state index in [1.807, 2.05) is 11.3 Å². The van der Waals surface area contributed by atoms with Gasteiger partial charge in [0.15, 0.2) is 0 Å².